The van der Waals surface area contributed by atoms with Gasteiger partial charge >= 0.3 is 12.3 Å². The third-order valence-corrected chi connectivity index (χ3v) is 2.24. The molecular weight excluding hydrogens is 270 g/mol. The molecule has 1 rings (SSSR count). The maximum absolute atomic E-state index is 12.5. The molecule has 19 heavy (non-hydrogen) atoms. The van der Waals surface area contributed by atoms with Crippen molar-refractivity contribution in [3.63, 3.8) is 0 Å². The minimum Gasteiger partial charge on any atom is -0.495 e. The van der Waals surface area contributed by atoms with Gasteiger partial charge < -0.3 is 14.6 Å². The zero-order valence-electron chi connectivity index (χ0n) is 10.0. The van der Waals surface area contributed by atoms with Gasteiger partial charge in [0.1, 0.15) is 18.5 Å². The molecule has 4 nitrogen and oxygen atoms in total. The summed E-state index contributed by atoms with van der Waals surface area (Å²) in [6.45, 7) is -2.00. The third kappa shape index (κ3) is 4.64. The highest BCUT2D eigenvalue weighted by Gasteiger charge is 2.41. The molecule has 0 radical (unpaired) electrons. The number of rotatable bonds is 7. The van der Waals surface area contributed by atoms with Crippen molar-refractivity contribution in [2.75, 3.05) is 20.3 Å². The van der Waals surface area contributed by atoms with E-state index in [-0.39, 0.29) is 5.56 Å². The summed E-state index contributed by atoms with van der Waals surface area (Å²) >= 11 is 0. The lowest BCUT2D eigenvalue weighted by molar-refractivity contribution is -0.170. The van der Waals surface area contributed by atoms with Crippen molar-refractivity contribution in [2.24, 2.45) is 0 Å². The molecule has 1 N–H and O–H groups in total. The fourth-order valence-corrected chi connectivity index (χ4v) is 1.20. The molecule has 1 heterocycles. The predicted molar refractivity (Wildman–Crippen MR) is 57.5 cm³/mol. The summed E-state index contributed by atoms with van der Waals surface area (Å²) in [6.07, 6.45) is -2.37. The van der Waals surface area contributed by atoms with E-state index in [4.69, 9.17) is 4.74 Å². The monoisotopic (exact) mass is 283 g/mol. The fourth-order valence-electron chi connectivity index (χ4n) is 1.20. The molecule has 108 valence electrons. The molecule has 0 aliphatic heterocycles. The van der Waals surface area contributed by atoms with Crippen LogP contribution in [0.1, 0.15) is 11.7 Å². The van der Waals surface area contributed by atoms with Crippen molar-refractivity contribution < 1.29 is 32.1 Å². The molecule has 0 amide bonds. The lowest BCUT2D eigenvalue weighted by atomic mass is 10.2. The summed E-state index contributed by atoms with van der Waals surface area (Å²) < 4.78 is 58.0. The molecule has 0 aliphatic carbocycles. The average Bonchev–Trinajstić information content (AvgIpc) is 2.38. The van der Waals surface area contributed by atoms with E-state index in [2.05, 4.69) is 9.72 Å². The van der Waals surface area contributed by atoms with Gasteiger partial charge in [-0.3, -0.25) is 4.98 Å². The van der Waals surface area contributed by atoms with Crippen LogP contribution in [0, 0.1) is 0 Å². The summed E-state index contributed by atoms with van der Waals surface area (Å²) in [4.78, 5) is 3.75. The maximum atomic E-state index is 12.5. The number of hydrogen-bond acceptors (Lipinski definition) is 4. The van der Waals surface area contributed by atoms with Crippen molar-refractivity contribution >= 4 is 0 Å². The number of aromatic nitrogens is 1. The smallest absolute Gasteiger partial charge is 0.330 e. The highest BCUT2D eigenvalue weighted by Crippen LogP contribution is 2.24. The first-order valence-electron chi connectivity index (χ1n) is 5.27. The number of halogens is 4. The highest BCUT2D eigenvalue weighted by molar-refractivity contribution is 5.24. The Morgan fingerprint density at radius 3 is 2.63 bits per heavy atom. The van der Waals surface area contributed by atoms with Crippen LogP contribution in [0.25, 0.3) is 0 Å². The maximum Gasteiger partial charge on any atom is 0.330 e. The fraction of sp³-hybridized carbons (Fsp3) is 0.545. The standard InChI is InChI=1S/C11H13F4NO3/c1-18-8-2-7(3-16-4-8)9(17)5-19-6-11(14,15)10(12)13/h2-4,9-10,17H,5-6H2,1H3. The van der Waals surface area contributed by atoms with E-state index < -0.39 is 31.7 Å². The molecule has 0 saturated heterocycles. The number of nitrogens with zero attached hydrogens (tertiary/aromatic N) is 1. The summed E-state index contributed by atoms with van der Waals surface area (Å²) in [6, 6.07) is 1.44. The van der Waals surface area contributed by atoms with Crippen LogP contribution in [-0.2, 0) is 4.74 Å². The average molecular weight is 283 g/mol. The van der Waals surface area contributed by atoms with Gasteiger partial charge in [0, 0.05) is 11.8 Å². The number of hydrogen-bond donors (Lipinski definition) is 1. The second-order valence-electron chi connectivity index (χ2n) is 3.75. The van der Waals surface area contributed by atoms with Gasteiger partial charge in [-0.25, -0.2) is 8.78 Å². The Labute approximate surface area is 107 Å². The Morgan fingerprint density at radius 1 is 1.37 bits per heavy atom. The van der Waals surface area contributed by atoms with Gasteiger partial charge in [-0.05, 0) is 6.07 Å². The van der Waals surface area contributed by atoms with E-state index >= 15 is 0 Å². The van der Waals surface area contributed by atoms with E-state index in [1.165, 1.54) is 25.6 Å². The second-order valence-corrected chi connectivity index (χ2v) is 3.75. The summed E-state index contributed by atoms with van der Waals surface area (Å²) in [5, 5.41) is 9.62. The van der Waals surface area contributed by atoms with Gasteiger partial charge in [-0.15, -0.1) is 0 Å². The Hall–Kier alpha value is -1.41. The molecule has 1 aromatic heterocycles. The van der Waals surface area contributed by atoms with E-state index in [1.54, 1.807) is 0 Å². The number of methoxy groups -OCH3 is 1. The van der Waals surface area contributed by atoms with Gasteiger partial charge in [-0.1, -0.05) is 0 Å². The van der Waals surface area contributed by atoms with Crippen molar-refractivity contribution in [3.05, 3.63) is 24.0 Å². The van der Waals surface area contributed by atoms with Gasteiger partial charge in [0.2, 0.25) is 0 Å². The van der Waals surface area contributed by atoms with Crippen LogP contribution in [0.2, 0.25) is 0 Å². The summed E-state index contributed by atoms with van der Waals surface area (Å²) in [5.74, 6) is -3.86. The Kier molecular flexibility index (Phi) is 5.49. The van der Waals surface area contributed by atoms with Crippen LogP contribution >= 0.6 is 0 Å². The number of aliphatic hydroxyl groups excluding tert-OH is 1. The van der Waals surface area contributed by atoms with E-state index in [9.17, 15) is 22.7 Å². The number of alkyl halides is 4. The zero-order valence-corrected chi connectivity index (χ0v) is 10.0. The molecular formula is C11H13F4NO3. The van der Waals surface area contributed by atoms with Gasteiger partial charge in [0.05, 0.1) is 19.9 Å². The SMILES string of the molecule is COc1cncc(C(O)COCC(F)(F)C(F)F)c1. The largest absolute Gasteiger partial charge is 0.495 e. The molecule has 1 atom stereocenters. The van der Waals surface area contributed by atoms with Crippen molar-refractivity contribution in [1.82, 2.24) is 4.98 Å². The van der Waals surface area contributed by atoms with E-state index in [0.29, 0.717) is 5.75 Å². The van der Waals surface area contributed by atoms with Crippen LogP contribution in [0.3, 0.4) is 0 Å². The first-order chi connectivity index (χ1) is 8.86. The molecule has 0 aliphatic rings. The summed E-state index contributed by atoms with van der Waals surface area (Å²) in [7, 11) is 1.40. The first kappa shape index (κ1) is 15.6. The number of aliphatic hydroxyl groups is 1. The third-order valence-electron chi connectivity index (χ3n) is 2.24. The van der Waals surface area contributed by atoms with Crippen molar-refractivity contribution in [1.29, 1.82) is 0 Å². The van der Waals surface area contributed by atoms with E-state index in [0.717, 1.165) is 0 Å². The lowest BCUT2D eigenvalue weighted by Crippen LogP contribution is -2.33. The number of ether oxygens (including phenoxy) is 2. The topological polar surface area (TPSA) is 51.6 Å². The Morgan fingerprint density at radius 2 is 2.05 bits per heavy atom. The quantitative estimate of drug-likeness (QED) is 0.778. The van der Waals surface area contributed by atoms with Crippen LogP contribution in [0.15, 0.2) is 18.5 Å². The Balaban J connectivity index is 2.49. The molecule has 0 bridgehead atoms. The summed E-state index contributed by atoms with van der Waals surface area (Å²) in [5.41, 5.74) is 0.278. The van der Waals surface area contributed by atoms with Crippen LogP contribution in [0.4, 0.5) is 17.6 Å². The van der Waals surface area contributed by atoms with Gasteiger partial charge in [-0.2, -0.15) is 8.78 Å². The minimum atomic E-state index is -4.23. The normalized spacial score (nSPS) is 13.6. The Bertz CT molecular complexity index is 403. The highest BCUT2D eigenvalue weighted by atomic mass is 19.3. The van der Waals surface area contributed by atoms with Crippen LogP contribution in [-0.4, -0.2) is 42.8 Å². The van der Waals surface area contributed by atoms with Crippen molar-refractivity contribution in [3.8, 4) is 5.75 Å². The van der Waals surface area contributed by atoms with Crippen molar-refractivity contribution in [2.45, 2.75) is 18.5 Å². The number of pyridine rings is 1. The van der Waals surface area contributed by atoms with Gasteiger partial charge in [0.15, 0.2) is 0 Å². The molecule has 0 aromatic carbocycles. The lowest BCUT2D eigenvalue weighted by Gasteiger charge is -2.17. The van der Waals surface area contributed by atoms with E-state index in [1.807, 2.05) is 0 Å². The molecule has 0 fully saturated rings. The minimum absolute atomic E-state index is 0.278. The van der Waals surface area contributed by atoms with Crippen LogP contribution in [0.5, 0.6) is 5.75 Å². The molecule has 1 unspecified atom stereocenters. The molecule has 1 aromatic rings. The predicted octanol–water partition coefficient (Wildman–Crippen LogP) is 2.04. The first-order valence-corrected chi connectivity index (χ1v) is 5.27. The molecule has 0 spiro atoms. The molecule has 8 heteroatoms. The molecule has 0 saturated carbocycles. The zero-order chi connectivity index (χ0) is 14.5. The second kappa shape index (κ2) is 6.67. The van der Waals surface area contributed by atoms with Gasteiger partial charge in [0.25, 0.3) is 0 Å². The van der Waals surface area contributed by atoms with Crippen LogP contribution < -0.4 is 4.74 Å².